The second kappa shape index (κ2) is 6.29. The Kier molecular flexibility index (Phi) is 4.16. The van der Waals surface area contributed by atoms with E-state index in [1.54, 1.807) is 0 Å². The van der Waals surface area contributed by atoms with Gasteiger partial charge in [0.1, 0.15) is 5.69 Å². The lowest BCUT2D eigenvalue weighted by molar-refractivity contribution is -0.0453. The van der Waals surface area contributed by atoms with Gasteiger partial charge in [0.25, 0.3) is 5.91 Å². The van der Waals surface area contributed by atoms with Crippen LogP contribution in [0.5, 0.6) is 0 Å². The van der Waals surface area contributed by atoms with Crippen molar-refractivity contribution in [1.82, 2.24) is 9.47 Å². The molecule has 5 nitrogen and oxygen atoms in total. The summed E-state index contributed by atoms with van der Waals surface area (Å²) in [5.74, 6) is 1.46. The number of morpholine rings is 1. The summed E-state index contributed by atoms with van der Waals surface area (Å²) in [4.78, 5) is 14.9. The van der Waals surface area contributed by atoms with Crippen molar-refractivity contribution in [2.24, 2.45) is 18.9 Å². The number of nitrogens with zero attached hydrogens (tertiary/aromatic N) is 2. The molecule has 0 N–H and O–H groups in total. The van der Waals surface area contributed by atoms with Crippen molar-refractivity contribution in [3.8, 4) is 0 Å². The zero-order valence-electron chi connectivity index (χ0n) is 13.8. The van der Waals surface area contributed by atoms with Crippen LogP contribution >= 0.6 is 0 Å². The Morgan fingerprint density at radius 3 is 2.87 bits per heavy atom. The summed E-state index contributed by atoms with van der Waals surface area (Å²) in [6, 6.07) is 4.03. The highest BCUT2D eigenvalue weighted by Gasteiger charge is 2.43. The molecule has 2 heterocycles. The van der Waals surface area contributed by atoms with Gasteiger partial charge in [-0.1, -0.05) is 0 Å². The topological polar surface area (TPSA) is 43.7 Å². The molecular formula is C18H26N2O3. The molecule has 23 heavy (non-hydrogen) atoms. The van der Waals surface area contributed by atoms with Crippen LogP contribution < -0.4 is 0 Å². The Hall–Kier alpha value is -1.33. The number of hydrogen-bond donors (Lipinski definition) is 0. The third-order valence-corrected chi connectivity index (χ3v) is 5.46. The second-order valence-corrected chi connectivity index (χ2v) is 7.30. The van der Waals surface area contributed by atoms with Crippen LogP contribution in [-0.2, 0) is 16.5 Å². The van der Waals surface area contributed by atoms with Gasteiger partial charge in [0.15, 0.2) is 0 Å². The zero-order chi connectivity index (χ0) is 15.8. The van der Waals surface area contributed by atoms with Gasteiger partial charge in [-0.15, -0.1) is 0 Å². The molecule has 4 rings (SSSR count). The minimum Gasteiger partial charge on any atom is -0.381 e. The lowest BCUT2D eigenvalue weighted by Gasteiger charge is -2.37. The van der Waals surface area contributed by atoms with Gasteiger partial charge in [-0.3, -0.25) is 4.79 Å². The molecule has 3 atom stereocenters. The molecule has 0 radical (unpaired) electrons. The molecule has 126 valence electrons. The fourth-order valence-electron chi connectivity index (χ4n) is 3.96. The van der Waals surface area contributed by atoms with Gasteiger partial charge in [-0.05, 0) is 49.7 Å². The molecule has 3 fully saturated rings. The van der Waals surface area contributed by atoms with Crippen molar-refractivity contribution in [3.05, 3.63) is 24.0 Å². The molecule has 0 bridgehead atoms. The first-order chi connectivity index (χ1) is 11.2. The number of aryl methyl sites for hydroxylation is 1. The molecule has 3 aliphatic rings. The van der Waals surface area contributed by atoms with Crippen molar-refractivity contribution in [2.75, 3.05) is 26.4 Å². The van der Waals surface area contributed by atoms with Gasteiger partial charge in [0.05, 0.1) is 18.8 Å². The predicted molar refractivity (Wildman–Crippen MR) is 86.2 cm³/mol. The first-order valence-corrected chi connectivity index (χ1v) is 8.84. The maximum absolute atomic E-state index is 12.9. The van der Waals surface area contributed by atoms with E-state index in [0.717, 1.165) is 37.7 Å². The second-order valence-electron chi connectivity index (χ2n) is 7.30. The van der Waals surface area contributed by atoms with E-state index in [0.29, 0.717) is 19.1 Å². The average molecular weight is 318 g/mol. The SMILES string of the molecule is Cn1cccc1C(=O)N1CCO[C@@H]2C[C@H](COCC3CC3)C[C@@H]21. The summed E-state index contributed by atoms with van der Waals surface area (Å²) in [6.45, 7) is 3.07. The first kappa shape index (κ1) is 15.2. The number of hydrogen-bond acceptors (Lipinski definition) is 3. The maximum atomic E-state index is 12.9. The number of rotatable bonds is 5. The van der Waals surface area contributed by atoms with Crippen molar-refractivity contribution >= 4 is 5.91 Å². The Morgan fingerprint density at radius 1 is 1.30 bits per heavy atom. The van der Waals surface area contributed by atoms with E-state index >= 15 is 0 Å². The summed E-state index contributed by atoms with van der Waals surface area (Å²) in [5.41, 5.74) is 0.763. The normalized spacial score (nSPS) is 30.5. The third kappa shape index (κ3) is 3.17. The van der Waals surface area contributed by atoms with Crippen LogP contribution in [-0.4, -0.2) is 53.9 Å². The molecule has 1 aromatic heterocycles. The number of carbonyl (C=O) groups excluding carboxylic acids is 1. The van der Waals surface area contributed by atoms with Crippen molar-refractivity contribution in [3.63, 3.8) is 0 Å². The average Bonchev–Trinajstić information content (AvgIpc) is 3.11. The van der Waals surface area contributed by atoms with Crippen molar-refractivity contribution < 1.29 is 14.3 Å². The van der Waals surface area contributed by atoms with E-state index < -0.39 is 0 Å². The highest BCUT2D eigenvalue weighted by atomic mass is 16.5. The third-order valence-electron chi connectivity index (χ3n) is 5.46. The van der Waals surface area contributed by atoms with Crippen LogP contribution in [0.15, 0.2) is 18.3 Å². The largest absolute Gasteiger partial charge is 0.381 e. The number of fused-ring (bicyclic) bond motifs is 1. The Balaban J connectivity index is 1.39. The van der Waals surface area contributed by atoms with Crippen LogP contribution in [0.3, 0.4) is 0 Å². The molecule has 0 unspecified atom stereocenters. The van der Waals surface area contributed by atoms with Gasteiger partial charge < -0.3 is 18.9 Å². The minimum absolute atomic E-state index is 0.135. The van der Waals surface area contributed by atoms with E-state index in [1.807, 2.05) is 34.8 Å². The molecule has 2 saturated carbocycles. The quantitative estimate of drug-likeness (QED) is 0.835. The maximum Gasteiger partial charge on any atom is 0.270 e. The number of amides is 1. The van der Waals surface area contributed by atoms with Gasteiger partial charge in [-0.2, -0.15) is 0 Å². The fraction of sp³-hybridized carbons (Fsp3) is 0.722. The van der Waals surface area contributed by atoms with Crippen molar-refractivity contribution in [2.45, 2.75) is 37.8 Å². The summed E-state index contributed by atoms with van der Waals surface area (Å²) < 4.78 is 13.7. The van der Waals surface area contributed by atoms with Crippen LogP contribution in [0.4, 0.5) is 0 Å². The van der Waals surface area contributed by atoms with E-state index in [4.69, 9.17) is 9.47 Å². The summed E-state index contributed by atoms with van der Waals surface area (Å²) in [7, 11) is 1.92. The van der Waals surface area contributed by atoms with E-state index in [1.165, 1.54) is 12.8 Å². The molecular weight excluding hydrogens is 292 g/mol. The molecule has 1 saturated heterocycles. The van der Waals surface area contributed by atoms with Crippen LogP contribution in [0, 0.1) is 11.8 Å². The molecule has 1 aliphatic heterocycles. The first-order valence-electron chi connectivity index (χ1n) is 8.84. The zero-order valence-corrected chi connectivity index (χ0v) is 13.8. The van der Waals surface area contributed by atoms with Crippen LogP contribution in [0.2, 0.25) is 0 Å². The van der Waals surface area contributed by atoms with Gasteiger partial charge in [0.2, 0.25) is 0 Å². The molecule has 2 aliphatic carbocycles. The number of ether oxygens (including phenoxy) is 2. The van der Waals surface area contributed by atoms with Crippen molar-refractivity contribution in [1.29, 1.82) is 0 Å². The van der Waals surface area contributed by atoms with E-state index in [2.05, 4.69) is 0 Å². The van der Waals surface area contributed by atoms with Gasteiger partial charge >= 0.3 is 0 Å². The Morgan fingerprint density at radius 2 is 2.13 bits per heavy atom. The highest BCUT2D eigenvalue weighted by Crippen LogP contribution is 2.36. The standard InChI is InChI=1S/C18H26N2O3/c1-19-6-2-3-15(19)18(21)20-7-8-23-17-10-14(9-16(17)20)12-22-11-13-4-5-13/h2-3,6,13-14,16-17H,4-5,7-12H2,1H3/t14-,16+,17-/m1/s1. The Labute approximate surface area is 137 Å². The molecule has 5 heteroatoms. The smallest absolute Gasteiger partial charge is 0.270 e. The lowest BCUT2D eigenvalue weighted by Crippen LogP contribution is -2.51. The van der Waals surface area contributed by atoms with E-state index in [9.17, 15) is 4.79 Å². The van der Waals surface area contributed by atoms with Crippen LogP contribution in [0.1, 0.15) is 36.2 Å². The van der Waals surface area contributed by atoms with Gasteiger partial charge in [-0.25, -0.2) is 0 Å². The van der Waals surface area contributed by atoms with Gasteiger partial charge in [0, 0.05) is 33.0 Å². The van der Waals surface area contributed by atoms with E-state index in [-0.39, 0.29) is 18.1 Å². The fourth-order valence-corrected chi connectivity index (χ4v) is 3.96. The summed E-state index contributed by atoms with van der Waals surface area (Å²) in [6.07, 6.45) is 6.80. The monoisotopic (exact) mass is 318 g/mol. The summed E-state index contributed by atoms with van der Waals surface area (Å²) >= 11 is 0. The number of aromatic nitrogens is 1. The Bertz CT molecular complexity index is 566. The lowest BCUT2D eigenvalue weighted by atomic mass is 10.1. The van der Waals surface area contributed by atoms with Crippen LogP contribution in [0.25, 0.3) is 0 Å². The molecule has 0 spiro atoms. The number of carbonyl (C=O) groups is 1. The summed E-state index contributed by atoms with van der Waals surface area (Å²) in [5, 5.41) is 0. The minimum atomic E-state index is 0.135. The molecule has 1 aromatic rings. The molecule has 0 aromatic carbocycles. The predicted octanol–water partition coefficient (Wildman–Crippen LogP) is 2.07. The molecule has 1 amide bonds. The highest BCUT2D eigenvalue weighted by molar-refractivity contribution is 5.93.